The van der Waals surface area contributed by atoms with Gasteiger partial charge in [-0.3, -0.25) is 24.8 Å². The monoisotopic (exact) mass is 496 g/mol. The van der Waals surface area contributed by atoms with Crippen molar-refractivity contribution in [2.45, 2.75) is 6.92 Å². The number of amides is 2. The lowest BCUT2D eigenvalue weighted by atomic mass is 10.1. The van der Waals surface area contributed by atoms with E-state index in [4.69, 9.17) is 9.47 Å². The number of imidazole rings is 1. The lowest BCUT2D eigenvalue weighted by Gasteiger charge is -2.10. The fraction of sp³-hybridized carbons (Fsp3) is 0.111. The summed E-state index contributed by atoms with van der Waals surface area (Å²) in [6, 6.07) is 20.2. The summed E-state index contributed by atoms with van der Waals surface area (Å²) in [6.45, 7) is 1.74. The Morgan fingerprint density at radius 2 is 1.59 bits per heavy atom. The number of hydrogen-bond donors (Lipinski definition) is 2. The van der Waals surface area contributed by atoms with Crippen molar-refractivity contribution in [2.75, 3.05) is 14.2 Å². The van der Waals surface area contributed by atoms with Crippen LogP contribution in [0.3, 0.4) is 0 Å². The maximum Gasteiger partial charge on any atom is 0.290 e. The third kappa shape index (κ3) is 4.47. The second-order valence-electron chi connectivity index (χ2n) is 8.12. The molecule has 2 N–H and O–H groups in total. The van der Waals surface area contributed by atoms with Crippen molar-refractivity contribution in [1.29, 1.82) is 0 Å². The Morgan fingerprint density at radius 1 is 0.865 bits per heavy atom. The molecule has 0 spiro atoms. The molecule has 0 radical (unpaired) electrons. The van der Waals surface area contributed by atoms with Gasteiger partial charge < -0.3 is 9.47 Å². The first kappa shape index (κ1) is 23.6. The molecule has 5 aromatic rings. The van der Waals surface area contributed by atoms with E-state index in [0.717, 1.165) is 5.69 Å². The van der Waals surface area contributed by atoms with Gasteiger partial charge >= 0.3 is 0 Å². The van der Waals surface area contributed by atoms with Crippen LogP contribution in [0.15, 0.2) is 79.1 Å². The van der Waals surface area contributed by atoms with Gasteiger partial charge in [0.05, 0.1) is 25.6 Å². The number of aromatic nitrogens is 4. The maximum atomic E-state index is 13.3. The van der Waals surface area contributed by atoms with Crippen LogP contribution in [-0.4, -0.2) is 45.2 Å². The van der Waals surface area contributed by atoms with Crippen LogP contribution in [0.5, 0.6) is 11.5 Å². The smallest absolute Gasteiger partial charge is 0.290 e. The van der Waals surface area contributed by atoms with Crippen molar-refractivity contribution in [3.63, 3.8) is 0 Å². The normalized spacial score (nSPS) is 10.8. The molecule has 2 aromatic carbocycles. The predicted molar refractivity (Wildman–Crippen MR) is 137 cm³/mol. The van der Waals surface area contributed by atoms with Gasteiger partial charge in [-0.05, 0) is 48.9 Å². The molecule has 3 heterocycles. The number of hydrogen-bond acceptors (Lipinski definition) is 6. The van der Waals surface area contributed by atoms with Crippen LogP contribution in [0.1, 0.15) is 26.7 Å². The summed E-state index contributed by atoms with van der Waals surface area (Å²) < 4.78 is 14.1. The molecule has 0 aliphatic rings. The quantitative estimate of drug-likeness (QED) is 0.348. The number of fused-ring (bicyclic) bond motifs is 1. The molecule has 5 rings (SSSR count). The zero-order valence-electron chi connectivity index (χ0n) is 20.4. The standard InChI is InChI=1S/C27H24N6O4/c1-17-25(32-14-8-7-11-23(32)28-17)27(35)30-29-26(34)24-20(16-33(31-24)19-9-5-4-6-10-19)18-12-13-21(36-2)22(15-18)37-3/h4-16H,1-3H3,(H,29,34)(H,30,35). The van der Waals surface area contributed by atoms with Gasteiger partial charge in [0.25, 0.3) is 11.8 Å². The molecule has 0 aliphatic carbocycles. The number of ether oxygens (including phenoxy) is 2. The highest BCUT2D eigenvalue weighted by atomic mass is 16.5. The van der Waals surface area contributed by atoms with E-state index >= 15 is 0 Å². The summed E-state index contributed by atoms with van der Waals surface area (Å²) >= 11 is 0. The molecule has 10 heteroatoms. The molecule has 0 bridgehead atoms. The zero-order valence-corrected chi connectivity index (χ0v) is 20.4. The van der Waals surface area contributed by atoms with Crippen molar-refractivity contribution < 1.29 is 19.1 Å². The molecule has 0 atom stereocenters. The molecular weight excluding hydrogens is 472 g/mol. The summed E-state index contributed by atoms with van der Waals surface area (Å²) in [5, 5.41) is 4.53. The zero-order chi connectivity index (χ0) is 25.9. The van der Waals surface area contributed by atoms with E-state index < -0.39 is 11.8 Å². The van der Waals surface area contributed by atoms with Gasteiger partial charge in [0.15, 0.2) is 17.2 Å². The van der Waals surface area contributed by atoms with Crippen LogP contribution < -0.4 is 20.3 Å². The summed E-state index contributed by atoms with van der Waals surface area (Å²) in [6.07, 6.45) is 3.49. The summed E-state index contributed by atoms with van der Waals surface area (Å²) in [7, 11) is 3.10. The molecule has 10 nitrogen and oxygen atoms in total. The maximum absolute atomic E-state index is 13.3. The van der Waals surface area contributed by atoms with Crippen LogP contribution in [0.4, 0.5) is 0 Å². The van der Waals surface area contributed by atoms with Crippen LogP contribution >= 0.6 is 0 Å². The van der Waals surface area contributed by atoms with Gasteiger partial charge in [0.2, 0.25) is 0 Å². The topological polar surface area (TPSA) is 112 Å². The number of methoxy groups -OCH3 is 2. The highest BCUT2D eigenvalue weighted by molar-refractivity contribution is 6.02. The van der Waals surface area contributed by atoms with E-state index in [2.05, 4.69) is 20.9 Å². The lowest BCUT2D eigenvalue weighted by Crippen LogP contribution is -2.42. The molecular formula is C27H24N6O4. The first-order valence-corrected chi connectivity index (χ1v) is 11.4. The molecule has 2 amide bonds. The Bertz CT molecular complexity index is 1610. The van der Waals surface area contributed by atoms with E-state index in [1.165, 1.54) is 0 Å². The molecule has 3 aromatic heterocycles. The van der Waals surface area contributed by atoms with Gasteiger partial charge in [0, 0.05) is 18.0 Å². The van der Waals surface area contributed by atoms with E-state index in [9.17, 15) is 9.59 Å². The molecule has 186 valence electrons. The van der Waals surface area contributed by atoms with Crippen molar-refractivity contribution in [3.05, 3.63) is 96.2 Å². The molecule has 0 saturated carbocycles. The summed E-state index contributed by atoms with van der Waals surface area (Å²) in [4.78, 5) is 30.7. The number of rotatable bonds is 6. The number of nitrogens with zero attached hydrogens (tertiary/aromatic N) is 4. The number of aryl methyl sites for hydroxylation is 1. The number of pyridine rings is 1. The summed E-state index contributed by atoms with van der Waals surface area (Å²) in [5.41, 5.74) is 8.60. The summed E-state index contributed by atoms with van der Waals surface area (Å²) in [5.74, 6) is -0.0161. The van der Waals surface area contributed by atoms with Gasteiger partial charge in [-0.15, -0.1) is 0 Å². The fourth-order valence-electron chi connectivity index (χ4n) is 4.09. The average Bonchev–Trinajstić information content (AvgIpc) is 3.53. The number of para-hydroxylation sites is 1. The SMILES string of the molecule is COc1ccc(-c2cn(-c3ccccc3)nc2C(=O)NNC(=O)c2c(C)nc3ccccn23)cc1OC. The van der Waals surface area contributed by atoms with Crippen molar-refractivity contribution in [3.8, 4) is 28.3 Å². The number of benzene rings is 2. The van der Waals surface area contributed by atoms with Crippen molar-refractivity contribution in [1.82, 2.24) is 30.0 Å². The van der Waals surface area contributed by atoms with Gasteiger partial charge in [-0.1, -0.05) is 30.3 Å². The van der Waals surface area contributed by atoms with E-state index in [0.29, 0.717) is 39.7 Å². The highest BCUT2D eigenvalue weighted by Gasteiger charge is 2.22. The van der Waals surface area contributed by atoms with Crippen molar-refractivity contribution in [2.24, 2.45) is 0 Å². The van der Waals surface area contributed by atoms with Crippen LogP contribution in [0, 0.1) is 6.92 Å². The predicted octanol–water partition coefficient (Wildman–Crippen LogP) is 3.59. The molecule has 0 saturated heterocycles. The van der Waals surface area contributed by atoms with E-state index in [-0.39, 0.29) is 5.69 Å². The number of nitrogens with one attached hydrogen (secondary N) is 2. The molecule has 0 unspecified atom stereocenters. The first-order chi connectivity index (χ1) is 18.0. The van der Waals surface area contributed by atoms with Gasteiger partial charge in [-0.25, -0.2) is 9.67 Å². The minimum absolute atomic E-state index is 0.117. The number of carbonyl (C=O) groups excluding carboxylic acids is 2. The Labute approximate surface area is 212 Å². The average molecular weight is 497 g/mol. The number of hydrazine groups is 1. The van der Waals surface area contributed by atoms with E-state index in [1.807, 2.05) is 42.5 Å². The van der Waals surface area contributed by atoms with Crippen LogP contribution in [0.25, 0.3) is 22.5 Å². The molecule has 37 heavy (non-hydrogen) atoms. The van der Waals surface area contributed by atoms with E-state index in [1.54, 1.807) is 66.9 Å². The second-order valence-corrected chi connectivity index (χ2v) is 8.12. The van der Waals surface area contributed by atoms with Gasteiger partial charge in [0.1, 0.15) is 11.3 Å². The Morgan fingerprint density at radius 3 is 2.35 bits per heavy atom. The van der Waals surface area contributed by atoms with Crippen LogP contribution in [0.2, 0.25) is 0 Å². The van der Waals surface area contributed by atoms with Crippen molar-refractivity contribution >= 4 is 17.5 Å². The van der Waals surface area contributed by atoms with Crippen LogP contribution in [-0.2, 0) is 0 Å². The lowest BCUT2D eigenvalue weighted by molar-refractivity contribution is 0.0840. The Hall–Kier alpha value is -5.12. The highest BCUT2D eigenvalue weighted by Crippen LogP contribution is 2.34. The van der Waals surface area contributed by atoms with Gasteiger partial charge in [-0.2, -0.15) is 5.10 Å². The fourth-order valence-corrected chi connectivity index (χ4v) is 4.09. The largest absolute Gasteiger partial charge is 0.493 e. The number of carbonyl (C=O) groups is 2. The Balaban J connectivity index is 1.47. The Kier molecular flexibility index (Phi) is 6.29. The minimum atomic E-state index is -0.584. The second kappa shape index (κ2) is 9.86. The minimum Gasteiger partial charge on any atom is -0.493 e. The molecule has 0 aliphatic heterocycles. The third-order valence-corrected chi connectivity index (χ3v) is 5.85. The third-order valence-electron chi connectivity index (χ3n) is 5.85. The molecule has 0 fully saturated rings. The first-order valence-electron chi connectivity index (χ1n) is 11.4.